The van der Waals surface area contributed by atoms with Crippen LogP contribution in [0.5, 0.6) is 0 Å². The van der Waals surface area contributed by atoms with E-state index in [1.165, 1.54) is 13.8 Å². The summed E-state index contributed by atoms with van der Waals surface area (Å²) in [6.07, 6.45) is -0.122. The van der Waals surface area contributed by atoms with Crippen LogP contribution in [0.3, 0.4) is 0 Å². The molecule has 3 N–H and O–H groups in total. The molecule has 3 rings (SSSR count). The summed E-state index contributed by atoms with van der Waals surface area (Å²) in [5.74, 6) is -1.33. The van der Waals surface area contributed by atoms with Crippen molar-refractivity contribution in [3.8, 4) is 0 Å². The van der Waals surface area contributed by atoms with Crippen molar-refractivity contribution in [3.63, 3.8) is 0 Å². The van der Waals surface area contributed by atoms with E-state index < -0.39 is 30.2 Å². The van der Waals surface area contributed by atoms with Gasteiger partial charge in [-0.3, -0.25) is 9.59 Å². The number of aromatic nitrogens is 1. The van der Waals surface area contributed by atoms with Crippen LogP contribution in [0.2, 0.25) is 0 Å². The van der Waals surface area contributed by atoms with Gasteiger partial charge in [0.1, 0.15) is 6.61 Å². The van der Waals surface area contributed by atoms with E-state index in [9.17, 15) is 14.4 Å². The van der Waals surface area contributed by atoms with E-state index in [2.05, 4.69) is 4.98 Å². The van der Waals surface area contributed by atoms with Crippen molar-refractivity contribution < 1.29 is 23.9 Å². The molecule has 0 bridgehead atoms. The molecular weight excluding hydrogens is 398 g/mol. The highest BCUT2D eigenvalue weighted by Crippen LogP contribution is 2.20. The maximum atomic E-state index is 13.1. The average Bonchev–Trinajstić information content (AvgIpc) is 3.15. The lowest BCUT2D eigenvalue weighted by molar-refractivity contribution is -0.159. The van der Waals surface area contributed by atoms with Crippen molar-refractivity contribution >= 4 is 28.9 Å². The number of nitrogens with one attached hydrogen (secondary N) is 1. The first-order chi connectivity index (χ1) is 14.9. The molecule has 0 aliphatic rings. The predicted molar refractivity (Wildman–Crippen MR) is 115 cm³/mol. The molecule has 0 aliphatic heterocycles. The number of carbonyl (C=O) groups excluding carboxylic acids is 3. The van der Waals surface area contributed by atoms with Crippen LogP contribution in [-0.4, -0.2) is 40.1 Å². The van der Waals surface area contributed by atoms with E-state index in [1.54, 1.807) is 18.3 Å². The number of H-pyrrole nitrogens is 1. The number of aromatic amines is 1. The molecule has 2 atom stereocenters. The Kier molecular flexibility index (Phi) is 7.04. The third-order valence-electron chi connectivity index (χ3n) is 4.77. The zero-order valence-electron chi connectivity index (χ0n) is 17.4. The maximum absolute atomic E-state index is 13.1. The number of nitrogens with zero attached hydrogens (tertiary/aromatic N) is 1. The molecule has 0 fully saturated rings. The lowest BCUT2D eigenvalue weighted by Gasteiger charge is -2.28. The van der Waals surface area contributed by atoms with Gasteiger partial charge in [0.2, 0.25) is 0 Å². The monoisotopic (exact) mass is 423 g/mol. The van der Waals surface area contributed by atoms with Crippen molar-refractivity contribution in [1.29, 1.82) is 0 Å². The Bertz CT molecular complexity index is 1060. The fourth-order valence-electron chi connectivity index (χ4n) is 3.30. The van der Waals surface area contributed by atoms with Crippen LogP contribution in [0.4, 0.5) is 4.79 Å². The summed E-state index contributed by atoms with van der Waals surface area (Å²) in [7, 11) is 0. The molecular formula is C23H25N3O5. The van der Waals surface area contributed by atoms with E-state index in [4.69, 9.17) is 15.2 Å². The number of hydrogen-bond donors (Lipinski definition) is 2. The van der Waals surface area contributed by atoms with Gasteiger partial charge in [-0.05, 0) is 30.5 Å². The van der Waals surface area contributed by atoms with Gasteiger partial charge in [0.15, 0.2) is 6.23 Å². The largest absolute Gasteiger partial charge is 0.444 e. The van der Waals surface area contributed by atoms with Gasteiger partial charge in [-0.15, -0.1) is 0 Å². The summed E-state index contributed by atoms with van der Waals surface area (Å²) in [6.45, 7) is 2.58. The lowest BCUT2D eigenvalue weighted by atomic mass is 10.0. The van der Waals surface area contributed by atoms with Crippen LogP contribution < -0.4 is 5.73 Å². The summed E-state index contributed by atoms with van der Waals surface area (Å²) >= 11 is 0. The molecule has 3 aromatic rings. The fraction of sp³-hybridized carbons (Fsp3) is 0.261. The molecule has 8 heteroatoms. The van der Waals surface area contributed by atoms with Crippen LogP contribution in [0.1, 0.15) is 25.0 Å². The van der Waals surface area contributed by atoms with Crippen LogP contribution >= 0.6 is 0 Å². The average molecular weight is 423 g/mol. The number of ether oxygens (including phenoxy) is 2. The first kappa shape index (κ1) is 22.0. The molecule has 0 aliphatic carbocycles. The number of nitrogens with two attached hydrogens (primary N) is 1. The van der Waals surface area contributed by atoms with Gasteiger partial charge in [0.05, 0.1) is 6.04 Å². The number of carbonyl (C=O) groups is 3. The fourth-order valence-corrected chi connectivity index (χ4v) is 3.30. The second kappa shape index (κ2) is 9.90. The van der Waals surface area contributed by atoms with Crippen molar-refractivity contribution in [1.82, 2.24) is 9.88 Å². The predicted octanol–water partition coefficient (Wildman–Crippen LogP) is 3.11. The Labute approximate surface area is 179 Å². The van der Waals surface area contributed by atoms with Gasteiger partial charge in [-0.2, -0.15) is 0 Å². The van der Waals surface area contributed by atoms with Gasteiger partial charge in [0, 0.05) is 24.0 Å². The van der Waals surface area contributed by atoms with Gasteiger partial charge >= 0.3 is 12.1 Å². The van der Waals surface area contributed by atoms with E-state index in [1.807, 2.05) is 42.5 Å². The Morgan fingerprint density at radius 1 is 1.06 bits per heavy atom. The molecule has 0 saturated heterocycles. The first-order valence-corrected chi connectivity index (χ1v) is 9.88. The summed E-state index contributed by atoms with van der Waals surface area (Å²) in [4.78, 5) is 41.1. The normalized spacial score (nSPS) is 12.7. The number of esters is 1. The first-order valence-electron chi connectivity index (χ1n) is 9.88. The standard InChI is InChI=1S/C23H25N3O5/c1-15(31-16(2)27)26(23(29)30-14-17-8-4-3-5-9-17)22(28)20(24)12-18-13-25-21-11-7-6-10-19(18)21/h3-11,13,15,20,25H,12,14,24H2,1-2H3. The van der Waals surface area contributed by atoms with E-state index in [0.717, 1.165) is 26.9 Å². The Balaban J connectivity index is 1.75. The highest BCUT2D eigenvalue weighted by Gasteiger charge is 2.34. The lowest BCUT2D eigenvalue weighted by Crippen LogP contribution is -2.52. The smallest absolute Gasteiger partial charge is 0.419 e. The van der Waals surface area contributed by atoms with Gasteiger partial charge in [-0.25, -0.2) is 9.69 Å². The maximum Gasteiger partial charge on any atom is 0.419 e. The molecule has 0 spiro atoms. The highest BCUT2D eigenvalue weighted by molar-refractivity contribution is 5.96. The van der Waals surface area contributed by atoms with Crippen LogP contribution in [0.25, 0.3) is 10.9 Å². The van der Waals surface area contributed by atoms with Gasteiger partial charge in [-0.1, -0.05) is 48.5 Å². The number of benzene rings is 2. The van der Waals surface area contributed by atoms with Crippen molar-refractivity contribution in [2.24, 2.45) is 5.73 Å². The molecule has 8 nitrogen and oxygen atoms in total. The molecule has 0 radical (unpaired) electrons. The summed E-state index contributed by atoms with van der Waals surface area (Å²) < 4.78 is 10.3. The van der Waals surface area contributed by atoms with Crippen molar-refractivity contribution in [3.05, 3.63) is 71.9 Å². The SMILES string of the molecule is CC(=O)OC(C)N(C(=O)OCc1ccccc1)C(=O)C(N)Cc1c[nH]c2ccccc12. The van der Waals surface area contributed by atoms with Crippen molar-refractivity contribution in [2.45, 2.75) is 39.1 Å². The Hall–Kier alpha value is -3.65. The van der Waals surface area contributed by atoms with Crippen molar-refractivity contribution in [2.75, 3.05) is 0 Å². The summed E-state index contributed by atoms with van der Waals surface area (Å²) in [6, 6.07) is 15.6. The molecule has 2 unspecified atom stereocenters. The number of para-hydroxylation sites is 1. The summed E-state index contributed by atoms with van der Waals surface area (Å²) in [5, 5.41) is 0.942. The second-order valence-electron chi connectivity index (χ2n) is 7.13. The number of rotatable bonds is 7. The number of amides is 2. The molecule has 0 saturated carbocycles. The van der Waals surface area contributed by atoms with Gasteiger partial charge in [0.25, 0.3) is 5.91 Å². The quantitative estimate of drug-likeness (QED) is 0.446. The third kappa shape index (κ3) is 5.49. The zero-order chi connectivity index (χ0) is 22.4. The minimum absolute atomic E-state index is 0.0338. The topological polar surface area (TPSA) is 115 Å². The molecule has 2 aromatic carbocycles. The molecule has 1 heterocycles. The van der Waals surface area contributed by atoms with Crippen LogP contribution in [0.15, 0.2) is 60.8 Å². The number of hydrogen-bond acceptors (Lipinski definition) is 6. The van der Waals surface area contributed by atoms with E-state index >= 15 is 0 Å². The minimum atomic E-state index is -1.16. The third-order valence-corrected chi connectivity index (χ3v) is 4.77. The second-order valence-corrected chi connectivity index (χ2v) is 7.13. The molecule has 162 valence electrons. The van der Waals surface area contributed by atoms with Gasteiger partial charge < -0.3 is 20.2 Å². The minimum Gasteiger partial charge on any atom is -0.444 e. The van der Waals surface area contributed by atoms with Crippen LogP contribution in [0, 0.1) is 0 Å². The van der Waals surface area contributed by atoms with Crippen LogP contribution in [-0.2, 0) is 32.1 Å². The highest BCUT2D eigenvalue weighted by atomic mass is 16.6. The number of fused-ring (bicyclic) bond motifs is 1. The summed E-state index contributed by atoms with van der Waals surface area (Å²) in [5.41, 5.74) is 8.68. The zero-order valence-corrected chi connectivity index (χ0v) is 17.4. The Morgan fingerprint density at radius 3 is 2.45 bits per heavy atom. The Morgan fingerprint density at radius 2 is 1.74 bits per heavy atom. The van der Waals surface area contributed by atoms with E-state index in [-0.39, 0.29) is 13.0 Å². The molecule has 2 amide bonds. The van der Waals surface area contributed by atoms with E-state index in [0.29, 0.717) is 0 Å². The molecule has 1 aromatic heterocycles. The molecule has 31 heavy (non-hydrogen) atoms. The number of imide groups is 1.